The van der Waals surface area contributed by atoms with Gasteiger partial charge in [0, 0.05) is 18.6 Å². The Balaban J connectivity index is 1.98. The topological polar surface area (TPSA) is 98.9 Å². The molecule has 0 spiro atoms. The number of hydrogen-bond acceptors (Lipinski definition) is 6. The van der Waals surface area contributed by atoms with Gasteiger partial charge in [-0.3, -0.25) is 18.7 Å². The van der Waals surface area contributed by atoms with Crippen LogP contribution in [0.2, 0.25) is 5.02 Å². The number of thioether (sulfide) groups is 1. The number of aryl methyl sites for hydroxylation is 1. The monoisotopic (exact) mass is 465 g/mol. The number of nitrogens with zero attached hydrogens (tertiary/aromatic N) is 4. The van der Waals surface area contributed by atoms with Gasteiger partial charge < -0.3 is 5.32 Å². The van der Waals surface area contributed by atoms with Crippen LogP contribution in [-0.4, -0.2) is 30.8 Å². The van der Waals surface area contributed by atoms with Gasteiger partial charge in [0.05, 0.1) is 11.4 Å². The molecule has 164 valence electrons. The summed E-state index contributed by atoms with van der Waals surface area (Å²) in [7, 11) is 1.39. The standard InChI is InChI=1S/C20H21ClFN5O3S/c1-10(2)8-27-17-16(19(29)26(4)20(27)30)18(24-11(3)23-17)31-9-15(28)25-14-7-12(21)5-6-13(14)22/h5-7,10H,8-9H2,1-4H3,(H,25,28). The Hall–Kier alpha value is -2.72. The molecule has 0 aliphatic rings. The van der Waals surface area contributed by atoms with E-state index in [4.69, 9.17) is 11.6 Å². The molecular formula is C20H21ClFN5O3S. The molecule has 0 atom stereocenters. The SMILES string of the molecule is Cc1nc(SCC(=O)Nc2cc(Cl)ccc2F)c2c(=O)n(C)c(=O)n(CC(C)C)c2n1. The lowest BCUT2D eigenvalue weighted by atomic mass is 10.2. The lowest BCUT2D eigenvalue weighted by Crippen LogP contribution is -2.39. The van der Waals surface area contributed by atoms with Crippen molar-refractivity contribution in [3.05, 3.63) is 55.7 Å². The maximum absolute atomic E-state index is 13.9. The Morgan fingerprint density at radius 1 is 1.29 bits per heavy atom. The fourth-order valence-electron chi connectivity index (χ4n) is 2.99. The Bertz CT molecular complexity index is 1290. The maximum Gasteiger partial charge on any atom is 0.332 e. The molecule has 0 aliphatic heterocycles. The molecule has 0 fully saturated rings. The van der Waals surface area contributed by atoms with Crippen LogP contribution in [0.25, 0.3) is 11.0 Å². The second-order valence-corrected chi connectivity index (χ2v) is 8.79. The fraction of sp³-hybridized carbons (Fsp3) is 0.350. The summed E-state index contributed by atoms with van der Waals surface area (Å²) in [6.45, 7) is 5.92. The van der Waals surface area contributed by atoms with Crippen LogP contribution in [-0.2, 0) is 18.4 Å². The van der Waals surface area contributed by atoms with Crippen molar-refractivity contribution in [2.45, 2.75) is 32.3 Å². The second-order valence-electron chi connectivity index (χ2n) is 7.39. The molecule has 0 unspecified atom stereocenters. The number of benzene rings is 1. The third-order valence-electron chi connectivity index (χ3n) is 4.35. The van der Waals surface area contributed by atoms with Gasteiger partial charge in [-0.2, -0.15) is 0 Å². The molecular weight excluding hydrogens is 445 g/mol. The van der Waals surface area contributed by atoms with Crippen molar-refractivity contribution in [3.63, 3.8) is 0 Å². The van der Waals surface area contributed by atoms with E-state index in [1.54, 1.807) is 6.92 Å². The first-order valence-electron chi connectivity index (χ1n) is 9.44. The van der Waals surface area contributed by atoms with Crippen LogP contribution in [0.4, 0.5) is 10.1 Å². The molecule has 1 N–H and O–H groups in total. The molecule has 2 aromatic heterocycles. The molecule has 3 rings (SSSR count). The third-order valence-corrected chi connectivity index (χ3v) is 5.56. The fourth-order valence-corrected chi connectivity index (χ4v) is 4.02. The van der Waals surface area contributed by atoms with Crippen molar-refractivity contribution in [3.8, 4) is 0 Å². The van der Waals surface area contributed by atoms with E-state index in [0.717, 1.165) is 22.4 Å². The van der Waals surface area contributed by atoms with Gasteiger partial charge in [-0.1, -0.05) is 37.2 Å². The van der Waals surface area contributed by atoms with Crippen molar-refractivity contribution >= 4 is 46.0 Å². The number of carbonyl (C=O) groups is 1. The van der Waals surface area contributed by atoms with Crippen LogP contribution >= 0.6 is 23.4 Å². The van der Waals surface area contributed by atoms with Gasteiger partial charge >= 0.3 is 5.69 Å². The lowest BCUT2D eigenvalue weighted by Gasteiger charge is -2.15. The van der Waals surface area contributed by atoms with Crippen molar-refractivity contribution in [2.24, 2.45) is 13.0 Å². The van der Waals surface area contributed by atoms with Gasteiger partial charge in [0.15, 0.2) is 5.65 Å². The number of carbonyl (C=O) groups excluding carboxylic acids is 1. The van der Waals surface area contributed by atoms with E-state index >= 15 is 0 Å². The van der Waals surface area contributed by atoms with E-state index in [0.29, 0.717) is 12.4 Å². The number of fused-ring (bicyclic) bond motifs is 1. The highest BCUT2D eigenvalue weighted by molar-refractivity contribution is 8.00. The largest absolute Gasteiger partial charge is 0.332 e. The van der Waals surface area contributed by atoms with Crippen LogP contribution < -0.4 is 16.6 Å². The average Bonchev–Trinajstić information content (AvgIpc) is 2.70. The molecule has 0 radical (unpaired) electrons. The highest BCUT2D eigenvalue weighted by Crippen LogP contribution is 2.24. The number of rotatable bonds is 6. The minimum Gasteiger partial charge on any atom is -0.323 e. The van der Waals surface area contributed by atoms with Gasteiger partial charge in [-0.15, -0.1) is 0 Å². The van der Waals surface area contributed by atoms with E-state index < -0.39 is 23.0 Å². The van der Waals surface area contributed by atoms with E-state index in [9.17, 15) is 18.8 Å². The molecule has 0 aliphatic carbocycles. The summed E-state index contributed by atoms with van der Waals surface area (Å²) in [6, 6.07) is 3.84. The van der Waals surface area contributed by atoms with Crippen LogP contribution in [0.15, 0.2) is 32.8 Å². The van der Waals surface area contributed by atoms with Crippen LogP contribution in [0.3, 0.4) is 0 Å². The molecule has 0 bridgehead atoms. The molecule has 3 aromatic rings. The average molecular weight is 466 g/mol. The maximum atomic E-state index is 13.9. The van der Waals surface area contributed by atoms with Crippen LogP contribution in [0.5, 0.6) is 0 Å². The molecule has 1 amide bonds. The number of hydrogen-bond donors (Lipinski definition) is 1. The molecule has 1 aromatic carbocycles. The van der Waals surface area contributed by atoms with E-state index in [1.807, 2.05) is 13.8 Å². The smallest absolute Gasteiger partial charge is 0.323 e. The van der Waals surface area contributed by atoms with Gasteiger partial charge in [-0.05, 0) is 31.0 Å². The van der Waals surface area contributed by atoms with Gasteiger partial charge in [0.25, 0.3) is 5.56 Å². The first kappa shape index (κ1) is 23.0. The molecule has 11 heteroatoms. The minimum absolute atomic E-state index is 0.0384. The van der Waals surface area contributed by atoms with E-state index in [2.05, 4.69) is 15.3 Å². The Morgan fingerprint density at radius 2 is 2.00 bits per heavy atom. The highest BCUT2D eigenvalue weighted by atomic mass is 35.5. The van der Waals surface area contributed by atoms with Gasteiger partial charge in [-0.25, -0.2) is 19.2 Å². The summed E-state index contributed by atoms with van der Waals surface area (Å²) in [5, 5.41) is 3.19. The van der Waals surface area contributed by atoms with Crippen LogP contribution in [0.1, 0.15) is 19.7 Å². The predicted octanol–water partition coefficient (Wildman–Crippen LogP) is 2.98. The number of amides is 1. The van der Waals surface area contributed by atoms with Crippen molar-refractivity contribution in [1.29, 1.82) is 0 Å². The van der Waals surface area contributed by atoms with Gasteiger partial charge in [0.2, 0.25) is 5.91 Å². The molecule has 8 nitrogen and oxygen atoms in total. The number of anilines is 1. The Labute approximate surface area is 186 Å². The molecule has 31 heavy (non-hydrogen) atoms. The summed E-state index contributed by atoms with van der Waals surface area (Å²) in [5.41, 5.74) is -0.806. The summed E-state index contributed by atoms with van der Waals surface area (Å²) in [5.74, 6) is -0.741. The van der Waals surface area contributed by atoms with Crippen molar-refractivity contribution < 1.29 is 9.18 Å². The van der Waals surface area contributed by atoms with Crippen molar-refractivity contribution in [1.82, 2.24) is 19.1 Å². The van der Waals surface area contributed by atoms with Gasteiger partial charge in [0.1, 0.15) is 22.1 Å². The summed E-state index contributed by atoms with van der Waals surface area (Å²) < 4.78 is 16.3. The summed E-state index contributed by atoms with van der Waals surface area (Å²) >= 11 is 6.86. The second kappa shape index (κ2) is 9.19. The normalized spacial score (nSPS) is 11.3. The summed E-state index contributed by atoms with van der Waals surface area (Å²) in [4.78, 5) is 46.5. The highest BCUT2D eigenvalue weighted by Gasteiger charge is 2.19. The first-order chi connectivity index (χ1) is 14.6. The lowest BCUT2D eigenvalue weighted by molar-refractivity contribution is -0.113. The van der Waals surface area contributed by atoms with Crippen molar-refractivity contribution in [2.75, 3.05) is 11.1 Å². The third kappa shape index (κ3) is 4.96. The minimum atomic E-state index is -0.613. The Morgan fingerprint density at radius 3 is 2.68 bits per heavy atom. The molecule has 0 saturated heterocycles. The predicted molar refractivity (Wildman–Crippen MR) is 119 cm³/mol. The van der Waals surface area contributed by atoms with E-state index in [-0.39, 0.29) is 38.4 Å². The van der Waals surface area contributed by atoms with Crippen LogP contribution in [0, 0.1) is 18.7 Å². The zero-order valence-corrected chi connectivity index (χ0v) is 19.0. The first-order valence-corrected chi connectivity index (χ1v) is 10.8. The quantitative estimate of drug-likeness (QED) is 0.444. The number of nitrogens with one attached hydrogen (secondary N) is 1. The molecule has 0 saturated carbocycles. The zero-order chi connectivity index (χ0) is 22.9. The number of halogens is 2. The summed E-state index contributed by atoms with van der Waals surface area (Å²) in [6.07, 6.45) is 0. The zero-order valence-electron chi connectivity index (χ0n) is 17.4. The number of aromatic nitrogens is 4. The van der Waals surface area contributed by atoms with E-state index in [1.165, 1.54) is 23.7 Å². The molecule has 2 heterocycles. The Kier molecular flexibility index (Phi) is 6.80.